The highest BCUT2D eigenvalue weighted by Crippen LogP contribution is 2.25. The molecule has 0 aliphatic heterocycles. The van der Waals surface area contributed by atoms with Crippen molar-refractivity contribution in [3.8, 4) is 11.5 Å². The Bertz CT molecular complexity index is 778. The summed E-state index contributed by atoms with van der Waals surface area (Å²) >= 11 is 0. The van der Waals surface area contributed by atoms with Crippen molar-refractivity contribution in [2.75, 3.05) is 20.3 Å². The summed E-state index contributed by atoms with van der Waals surface area (Å²) in [6, 6.07) is 11.1. The average molecular weight is 357 g/mol. The molecule has 0 aliphatic carbocycles. The van der Waals surface area contributed by atoms with Gasteiger partial charge in [0.15, 0.2) is 6.61 Å². The highest BCUT2D eigenvalue weighted by Gasteiger charge is 2.13. The second kappa shape index (κ2) is 8.89. The van der Waals surface area contributed by atoms with E-state index < -0.39 is 12.6 Å². The first kappa shape index (κ1) is 19.3. The largest absolute Gasteiger partial charge is 0.496 e. The van der Waals surface area contributed by atoms with Crippen molar-refractivity contribution in [1.29, 1.82) is 0 Å². The second-order valence-electron chi connectivity index (χ2n) is 5.94. The van der Waals surface area contributed by atoms with Crippen molar-refractivity contribution in [2.24, 2.45) is 0 Å². The van der Waals surface area contributed by atoms with Crippen molar-refractivity contribution < 1.29 is 24.2 Å². The van der Waals surface area contributed by atoms with Gasteiger partial charge < -0.3 is 19.9 Å². The number of carbonyl (C=O) groups is 2. The minimum atomic E-state index is -1.04. The predicted molar refractivity (Wildman–Crippen MR) is 98.1 cm³/mol. The fourth-order valence-corrected chi connectivity index (χ4v) is 2.77. The lowest BCUT2D eigenvalue weighted by Crippen LogP contribution is -2.26. The minimum absolute atomic E-state index is 0.184. The summed E-state index contributed by atoms with van der Waals surface area (Å²) in [5, 5.41) is 11.6. The Kier molecular flexibility index (Phi) is 6.60. The third kappa shape index (κ3) is 4.99. The van der Waals surface area contributed by atoms with Gasteiger partial charge in [0.25, 0.3) is 5.91 Å². The lowest BCUT2D eigenvalue weighted by molar-refractivity contribution is -0.139. The molecule has 2 N–H and O–H groups in total. The zero-order valence-corrected chi connectivity index (χ0v) is 15.2. The molecule has 0 aromatic heterocycles. The second-order valence-corrected chi connectivity index (χ2v) is 5.94. The van der Waals surface area contributed by atoms with Crippen LogP contribution in [0.4, 0.5) is 0 Å². The van der Waals surface area contributed by atoms with Gasteiger partial charge in [0, 0.05) is 12.1 Å². The Morgan fingerprint density at radius 3 is 2.38 bits per heavy atom. The van der Waals surface area contributed by atoms with Crippen molar-refractivity contribution in [1.82, 2.24) is 5.32 Å². The van der Waals surface area contributed by atoms with Gasteiger partial charge in [-0.2, -0.15) is 0 Å². The third-order valence-corrected chi connectivity index (χ3v) is 3.93. The van der Waals surface area contributed by atoms with Crippen LogP contribution in [0.5, 0.6) is 11.5 Å². The molecule has 0 saturated heterocycles. The highest BCUT2D eigenvalue weighted by atomic mass is 16.5. The van der Waals surface area contributed by atoms with Gasteiger partial charge in [-0.25, -0.2) is 4.79 Å². The number of hydrogen-bond donors (Lipinski definition) is 2. The molecule has 6 heteroatoms. The van der Waals surface area contributed by atoms with Gasteiger partial charge in [-0.15, -0.1) is 0 Å². The molecule has 0 atom stereocenters. The van der Waals surface area contributed by atoms with Crippen LogP contribution in [0, 0.1) is 13.8 Å². The summed E-state index contributed by atoms with van der Waals surface area (Å²) in [5.74, 6) is 0.0733. The average Bonchev–Trinajstić information content (AvgIpc) is 2.60. The zero-order valence-electron chi connectivity index (χ0n) is 15.2. The Labute approximate surface area is 152 Å². The van der Waals surface area contributed by atoms with Gasteiger partial charge in [0.05, 0.1) is 7.11 Å². The molecule has 0 unspecified atom stereocenters. The first-order valence-electron chi connectivity index (χ1n) is 8.28. The number of aryl methyl sites for hydroxylation is 2. The summed E-state index contributed by atoms with van der Waals surface area (Å²) in [4.78, 5) is 23.0. The van der Waals surface area contributed by atoms with Crippen LogP contribution in [0.25, 0.3) is 0 Å². The zero-order chi connectivity index (χ0) is 19.1. The Balaban J connectivity index is 2.00. The van der Waals surface area contributed by atoms with E-state index in [9.17, 15) is 9.59 Å². The SMILES string of the molecule is COc1ccccc1CCNC(=O)c1cc(C)c(OCC(=O)O)c(C)c1. The predicted octanol–water partition coefficient (Wildman–Crippen LogP) is 2.75. The van der Waals surface area contributed by atoms with Crippen molar-refractivity contribution in [3.63, 3.8) is 0 Å². The number of ether oxygens (including phenoxy) is 2. The summed E-state index contributed by atoms with van der Waals surface area (Å²) in [7, 11) is 1.62. The molecule has 1 amide bonds. The summed E-state index contributed by atoms with van der Waals surface area (Å²) < 4.78 is 10.6. The molecule has 138 valence electrons. The van der Waals surface area contributed by atoms with E-state index in [0.717, 1.165) is 22.4 Å². The fourth-order valence-electron chi connectivity index (χ4n) is 2.77. The number of hydrogen-bond acceptors (Lipinski definition) is 4. The Morgan fingerprint density at radius 2 is 1.77 bits per heavy atom. The maximum absolute atomic E-state index is 12.4. The van der Waals surface area contributed by atoms with E-state index in [1.54, 1.807) is 33.1 Å². The van der Waals surface area contributed by atoms with Crippen LogP contribution in [0.1, 0.15) is 27.0 Å². The molecule has 2 aromatic rings. The Morgan fingerprint density at radius 1 is 1.12 bits per heavy atom. The molecule has 0 fully saturated rings. The maximum atomic E-state index is 12.4. The van der Waals surface area contributed by atoms with Gasteiger partial charge in [0.2, 0.25) is 0 Å². The van der Waals surface area contributed by atoms with Gasteiger partial charge in [0.1, 0.15) is 11.5 Å². The maximum Gasteiger partial charge on any atom is 0.341 e. The van der Waals surface area contributed by atoms with E-state index in [1.165, 1.54) is 0 Å². The van der Waals surface area contributed by atoms with Gasteiger partial charge in [-0.05, 0) is 55.2 Å². The molecule has 0 heterocycles. The first-order chi connectivity index (χ1) is 12.4. The molecule has 0 spiro atoms. The van der Waals surface area contributed by atoms with Crippen LogP contribution in [-0.2, 0) is 11.2 Å². The number of carboxylic acid groups (broad SMARTS) is 1. The molecule has 2 rings (SSSR count). The molecule has 26 heavy (non-hydrogen) atoms. The van der Waals surface area contributed by atoms with Gasteiger partial charge >= 0.3 is 5.97 Å². The van der Waals surface area contributed by atoms with E-state index in [1.807, 2.05) is 24.3 Å². The normalized spacial score (nSPS) is 10.3. The van der Waals surface area contributed by atoms with Crippen LogP contribution in [0.15, 0.2) is 36.4 Å². The number of carbonyl (C=O) groups excluding carboxylic acids is 1. The number of para-hydroxylation sites is 1. The molecule has 0 aliphatic rings. The topological polar surface area (TPSA) is 84.9 Å². The molecule has 0 saturated carbocycles. The van der Waals surface area contributed by atoms with Crippen molar-refractivity contribution >= 4 is 11.9 Å². The Hall–Kier alpha value is -3.02. The summed E-state index contributed by atoms with van der Waals surface area (Å²) in [6.45, 7) is 3.65. The standard InChI is InChI=1S/C20H23NO5/c1-13-10-16(11-14(2)19(13)26-12-18(22)23)20(24)21-9-8-15-6-4-5-7-17(15)25-3/h4-7,10-11H,8-9,12H2,1-3H3,(H,21,24)(H,22,23). The van der Waals surface area contributed by atoms with Crippen molar-refractivity contribution in [3.05, 3.63) is 58.7 Å². The monoisotopic (exact) mass is 357 g/mol. The number of nitrogens with one attached hydrogen (secondary N) is 1. The van der Waals surface area contributed by atoms with Gasteiger partial charge in [-0.3, -0.25) is 4.79 Å². The first-order valence-corrected chi connectivity index (χ1v) is 8.28. The lowest BCUT2D eigenvalue weighted by atomic mass is 10.0. The molecular formula is C20H23NO5. The quantitative estimate of drug-likeness (QED) is 0.759. The summed E-state index contributed by atoms with van der Waals surface area (Å²) in [5.41, 5.74) is 2.99. The van der Waals surface area contributed by atoms with Crippen molar-refractivity contribution in [2.45, 2.75) is 20.3 Å². The van der Waals surface area contributed by atoms with Crippen LogP contribution in [0.2, 0.25) is 0 Å². The fraction of sp³-hybridized carbons (Fsp3) is 0.300. The number of amides is 1. The van der Waals surface area contributed by atoms with Crippen LogP contribution in [0.3, 0.4) is 0 Å². The number of carboxylic acids is 1. The molecule has 0 bridgehead atoms. The molecular weight excluding hydrogens is 334 g/mol. The van der Waals surface area contributed by atoms with Gasteiger partial charge in [-0.1, -0.05) is 18.2 Å². The lowest BCUT2D eigenvalue weighted by Gasteiger charge is -2.13. The van der Waals surface area contributed by atoms with E-state index in [0.29, 0.717) is 24.3 Å². The molecule has 2 aromatic carbocycles. The van der Waals surface area contributed by atoms with Crippen LogP contribution >= 0.6 is 0 Å². The van der Waals surface area contributed by atoms with Crippen LogP contribution < -0.4 is 14.8 Å². The minimum Gasteiger partial charge on any atom is -0.496 e. The number of rotatable bonds is 8. The highest BCUT2D eigenvalue weighted by molar-refractivity contribution is 5.94. The number of benzene rings is 2. The molecule has 6 nitrogen and oxygen atoms in total. The molecule has 0 radical (unpaired) electrons. The van der Waals surface area contributed by atoms with Crippen LogP contribution in [-0.4, -0.2) is 37.2 Å². The smallest absolute Gasteiger partial charge is 0.341 e. The van der Waals surface area contributed by atoms with E-state index in [2.05, 4.69) is 5.32 Å². The van der Waals surface area contributed by atoms with E-state index in [4.69, 9.17) is 14.6 Å². The summed E-state index contributed by atoms with van der Waals surface area (Å²) in [6.07, 6.45) is 0.660. The number of methoxy groups -OCH3 is 1. The van der Waals surface area contributed by atoms with E-state index in [-0.39, 0.29) is 5.91 Å². The van der Waals surface area contributed by atoms with E-state index >= 15 is 0 Å². The number of aliphatic carboxylic acids is 1. The third-order valence-electron chi connectivity index (χ3n) is 3.93.